The SMILES string of the molecule is Cc1ncc(Cn2cc(C(=O)O)c3cncnc32)c(C)n1. The normalized spacial score (nSPS) is 11.0. The summed E-state index contributed by atoms with van der Waals surface area (Å²) in [5, 5.41) is 9.78. The molecule has 0 aromatic carbocycles. The predicted octanol–water partition coefficient (Wildman–Crippen LogP) is 1.58. The van der Waals surface area contributed by atoms with Crippen molar-refractivity contribution in [3.63, 3.8) is 0 Å². The summed E-state index contributed by atoms with van der Waals surface area (Å²) in [5.74, 6) is -0.285. The van der Waals surface area contributed by atoms with Crippen LogP contribution >= 0.6 is 0 Å². The van der Waals surface area contributed by atoms with Crippen LogP contribution in [0.4, 0.5) is 0 Å². The van der Waals surface area contributed by atoms with Gasteiger partial charge in [0.15, 0.2) is 0 Å². The Morgan fingerprint density at radius 3 is 2.81 bits per heavy atom. The molecule has 3 heterocycles. The molecule has 1 N–H and O–H groups in total. The van der Waals surface area contributed by atoms with E-state index in [0.29, 0.717) is 23.4 Å². The molecule has 0 fully saturated rings. The fourth-order valence-electron chi connectivity index (χ4n) is 2.27. The van der Waals surface area contributed by atoms with Crippen LogP contribution in [0.15, 0.2) is 24.9 Å². The number of aromatic nitrogens is 5. The highest BCUT2D eigenvalue weighted by Crippen LogP contribution is 2.20. The van der Waals surface area contributed by atoms with E-state index in [2.05, 4.69) is 19.9 Å². The van der Waals surface area contributed by atoms with E-state index >= 15 is 0 Å². The molecule has 0 saturated heterocycles. The second-order valence-electron chi connectivity index (χ2n) is 4.76. The van der Waals surface area contributed by atoms with Crippen LogP contribution < -0.4 is 0 Å². The highest BCUT2D eigenvalue weighted by atomic mass is 16.4. The standard InChI is InChI=1S/C14H13N5O2/c1-8-10(3-16-9(2)18-8)5-19-6-12(14(20)21)11-4-15-7-17-13(11)19/h3-4,6-7H,5H2,1-2H3,(H,20,21). The van der Waals surface area contributed by atoms with Crippen LogP contribution in [-0.4, -0.2) is 35.6 Å². The second-order valence-corrected chi connectivity index (χ2v) is 4.76. The Hall–Kier alpha value is -2.83. The summed E-state index contributed by atoms with van der Waals surface area (Å²) in [4.78, 5) is 27.9. The molecule has 0 atom stereocenters. The van der Waals surface area contributed by atoms with Gasteiger partial charge < -0.3 is 9.67 Å². The van der Waals surface area contributed by atoms with Crippen molar-refractivity contribution in [3.8, 4) is 0 Å². The number of aromatic carboxylic acids is 1. The molecule has 0 aliphatic rings. The number of carboxylic acids is 1. The van der Waals surface area contributed by atoms with Crippen LogP contribution in [0.3, 0.4) is 0 Å². The van der Waals surface area contributed by atoms with Gasteiger partial charge in [0, 0.05) is 29.8 Å². The van der Waals surface area contributed by atoms with E-state index in [-0.39, 0.29) is 5.56 Å². The van der Waals surface area contributed by atoms with Gasteiger partial charge in [0.1, 0.15) is 17.8 Å². The molecule has 0 aliphatic heterocycles. The zero-order chi connectivity index (χ0) is 15.0. The first kappa shape index (κ1) is 13.2. The summed E-state index contributed by atoms with van der Waals surface area (Å²) in [6.45, 7) is 4.20. The molecule has 3 aromatic rings. The summed E-state index contributed by atoms with van der Waals surface area (Å²) >= 11 is 0. The van der Waals surface area contributed by atoms with Crippen molar-refractivity contribution in [1.29, 1.82) is 0 Å². The lowest BCUT2D eigenvalue weighted by Gasteiger charge is -2.07. The first-order valence-corrected chi connectivity index (χ1v) is 6.37. The zero-order valence-corrected chi connectivity index (χ0v) is 11.6. The van der Waals surface area contributed by atoms with Crippen molar-refractivity contribution < 1.29 is 9.90 Å². The van der Waals surface area contributed by atoms with Crippen LogP contribution in [0.2, 0.25) is 0 Å². The molecule has 21 heavy (non-hydrogen) atoms. The highest BCUT2D eigenvalue weighted by Gasteiger charge is 2.16. The number of nitrogens with zero attached hydrogens (tertiary/aromatic N) is 5. The van der Waals surface area contributed by atoms with Crippen LogP contribution in [0, 0.1) is 13.8 Å². The maximum absolute atomic E-state index is 11.3. The molecular formula is C14H13N5O2. The van der Waals surface area contributed by atoms with Crippen molar-refractivity contribution in [3.05, 3.63) is 47.6 Å². The average molecular weight is 283 g/mol. The molecule has 0 saturated carbocycles. The van der Waals surface area contributed by atoms with E-state index < -0.39 is 5.97 Å². The van der Waals surface area contributed by atoms with E-state index in [4.69, 9.17) is 0 Å². The minimum Gasteiger partial charge on any atom is -0.478 e. The smallest absolute Gasteiger partial charge is 0.337 e. The number of carbonyl (C=O) groups is 1. The third-order valence-electron chi connectivity index (χ3n) is 3.31. The average Bonchev–Trinajstić information content (AvgIpc) is 2.81. The van der Waals surface area contributed by atoms with Crippen LogP contribution in [0.5, 0.6) is 0 Å². The third kappa shape index (κ3) is 2.33. The summed E-state index contributed by atoms with van der Waals surface area (Å²) in [6, 6.07) is 0. The lowest BCUT2D eigenvalue weighted by Crippen LogP contribution is -2.04. The fourth-order valence-corrected chi connectivity index (χ4v) is 2.27. The number of fused-ring (bicyclic) bond motifs is 1. The van der Waals surface area contributed by atoms with E-state index in [9.17, 15) is 9.90 Å². The Morgan fingerprint density at radius 1 is 1.29 bits per heavy atom. The van der Waals surface area contributed by atoms with Gasteiger partial charge in [0.05, 0.1) is 17.5 Å². The summed E-state index contributed by atoms with van der Waals surface area (Å²) in [5.41, 5.74) is 2.57. The molecule has 0 aliphatic carbocycles. The largest absolute Gasteiger partial charge is 0.478 e. The van der Waals surface area contributed by atoms with Gasteiger partial charge in [-0.1, -0.05) is 0 Å². The number of aryl methyl sites for hydroxylation is 2. The summed E-state index contributed by atoms with van der Waals surface area (Å²) in [7, 11) is 0. The van der Waals surface area contributed by atoms with Gasteiger partial charge in [-0.15, -0.1) is 0 Å². The van der Waals surface area contributed by atoms with E-state index in [1.54, 1.807) is 17.0 Å². The van der Waals surface area contributed by atoms with Crippen molar-refractivity contribution in [2.75, 3.05) is 0 Å². The first-order valence-electron chi connectivity index (χ1n) is 6.37. The van der Waals surface area contributed by atoms with Crippen LogP contribution in [0.25, 0.3) is 11.0 Å². The first-order chi connectivity index (χ1) is 10.1. The third-order valence-corrected chi connectivity index (χ3v) is 3.31. The monoisotopic (exact) mass is 283 g/mol. The number of hydrogen-bond donors (Lipinski definition) is 1. The molecule has 0 radical (unpaired) electrons. The molecule has 0 amide bonds. The quantitative estimate of drug-likeness (QED) is 0.784. The lowest BCUT2D eigenvalue weighted by molar-refractivity contribution is 0.0699. The minimum atomic E-state index is -0.995. The molecule has 0 unspecified atom stereocenters. The van der Waals surface area contributed by atoms with Gasteiger partial charge in [-0.05, 0) is 13.8 Å². The van der Waals surface area contributed by atoms with Gasteiger partial charge >= 0.3 is 5.97 Å². The molecule has 3 aromatic heterocycles. The molecule has 7 heteroatoms. The second kappa shape index (κ2) is 4.93. The number of hydrogen-bond acceptors (Lipinski definition) is 5. The van der Waals surface area contributed by atoms with Crippen molar-refractivity contribution >= 4 is 17.0 Å². The van der Waals surface area contributed by atoms with Crippen LogP contribution in [0.1, 0.15) is 27.4 Å². The van der Waals surface area contributed by atoms with E-state index in [0.717, 1.165) is 11.3 Å². The van der Waals surface area contributed by atoms with E-state index in [1.165, 1.54) is 12.5 Å². The predicted molar refractivity (Wildman–Crippen MR) is 75.1 cm³/mol. The van der Waals surface area contributed by atoms with Gasteiger partial charge in [0.25, 0.3) is 0 Å². The Kier molecular flexibility index (Phi) is 3.09. The molecule has 0 bridgehead atoms. The zero-order valence-electron chi connectivity index (χ0n) is 11.6. The van der Waals surface area contributed by atoms with Crippen molar-refractivity contribution in [2.24, 2.45) is 0 Å². The Balaban J connectivity index is 2.10. The Morgan fingerprint density at radius 2 is 2.10 bits per heavy atom. The molecule has 106 valence electrons. The maximum atomic E-state index is 11.3. The highest BCUT2D eigenvalue weighted by molar-refractivity contribution is 6.02. The van der Waals surface area contributed by atoms with E-state index in [1.807, 2.05) is 13.8 Å². The van der Waals surface area contributed by atoms with Gasteiger partial charge in [-0.3, -0.25) is 0 Å². The van der Waals surface area contributed by atoms with Gasteiger partial charge in [-0.25, -0.2) is 24.7 Å². The minimum absolute atomic E-state index is 0.191. The molecule has 7 nitrogen and oxygen atoms in total. The number of rotatable bonds is 3. The Labute approximate surface area is 120 Å². The van der Waals surface area contributed by atoms with Crippen molar-refractivity contribution in [2.45, 2.75) is 20.4 Å². The summed E-state index contributed by atoms with van der Waals surface area (Å²) in [6.07, 6.45) is 6.25. The number of carboxylic acid groups (broad SMARTS) is 1. The van der Waals surface area contributed by atoms with Gasteiger partial charge in [0.2, 0.25) is 0 Å². The van der Waals surface area contributed by atoms with Crippen LogP contribution in [-0.2, 0) is 6.54 Å². The maximum Gasteiger partial charge on any atom is 0.337 e. The molecule has 0 spiro atoms. The fraction of sp³-hybridized carbons (Fsp3) is 0.214. The molecule has 3 rings (SSSR count). The lowest BCUT2D eigenvalue weighted by atomic mass is 10.2. The molecular weight excluding hydrogens is 270 g/mol. The Bertz CT molecular complexity index is 840. The summed E-state index contributed by atoms with van der Waals surface area (Å²) < 4.78 is 1.78. The van der Waals surface area contributed by atoms with Crippen molar-refractivity contribution in [1.82, 2.24) is 24.5 Å². The topological polar surface area (TPSA) is 93.8 Å². The van der Waals surface area contributed by atoms with Gasteiger partial charge in [-0.2, -0.15) is 0 Å².